The van der Waals surface area contributed by atoms with Crippen molar-refractivity contribution in [3.05, 3.63) is 81.4 Å². The lowest BCUT2D eigenvalue weighted by molar-refractivity contribution is -0.140. The molecule has 8 nitrogen and oxygen atoms in total. The topological polar surface area (TPSA) is 126 Å². The fourth-order valence-corrected chi connectivity index (χ4v) is 4.44. The molecule has 3 aromatic rings. The van der Waals surface area contributed by atoms with E-state index in [9.17, 15) is 29.3 Å². The summed E-state index contributed by atoms with van der Waals surface area (Å²) in [7, 11) is 1.17. The first kappa shape index (κ1) is 24.2. The molecule has 4 rings (SSSR count). The van der Waals surface area contributed by atoms with E-state index in [2.05, 4.69) is 4.98 Å². The van der Waals surface area contributed by atoms with Gasteiger partial charge in [-0.3, -0.25) is 14.6 Å². The zero-order valence-electron chi connectivity index (χ0n) is 19.3. The van der Waals surface area contributed by atoms with Gasteiger partial charge in [0.15, 0.2) is 5.78 Å². The number of rotatable bonds is 6. The fraction of sp³-hybridized carbons (Fsp3) is 0.269. The number of carbonyl (C=O) groups is 2. The summed E-state index contributed by atoms with van der Waals surface area (Å²) in [5.74, 6) is -4.28. The highest BCUT2D eigenvalue weighted by atomic mass is 19.1. The molecule has 0 radical (unpaired) electrons. The van der Waals surface area contributed by atoms with Crippen LogP contribution in [0.3, 0.4) is 0 Å². The molecule has 0 amide bonds. The molecule has 0 saturated heterocycles. The molecule has 1 aliphatic heterocycles. The predicted molar refractivity (Wildman–Crippen MR) is 122 cm³/mol. The highest BCUT2D eigenvalue weighted by Crippen LogP contribution is 2.50. The number of fused-ring (bicyclic) bond motifs is 1. The lowest BCUT2D eigenvalue weighted by atomic mass is 9.82. The molecule has 3 N–H and O–H groups in total. The third-order valence-corrected chi connectivity index (χ3v) is 6.25. The summed E-state index contributed by atoms with van der Waals surface area (Å²) in [5.41, 5.74) is 1.04. The average Bonchev–Trinajstić information content (AvgIpc) is 3.25. The third kappa shape index (κ3) is 4.19. The van der Waals surface area contributed by atoms with E-state index < -0.39 is 47.5 Å². The number of ketones is 1. The number of esters is 1. The van der Waals surface area contributed by atoms with Crippen molar-refractivity contribution >= 4 is 11.8 Å². The predicted octanol–water partition coefficient (Wildman–Crippen LogP) is 4.16. The number of halogens is 1. The van der Waals surface area contributed by atoms with E-state index in [1.165, 1.54) is 38.3 Å². The second-order valence-electron chi connectivity index (χ2n) is 8.36. The van der Waals surface area contributed by atoms with Crippen LogP contribution < -0.4 is 0 Å². The first-order valence-corrected chi connectivity index (χ1v) is 10.9. The molecule has 0 unspecified atom stereocenters. The maximum atomic E-state index is 14.9. The maximum Gasteiger partial charge on any atom is 0.306 e. The zero-order valence-corrected chi connectivity index (χ0v) is 19.3. The molecule has 0 bridgehead atoms. The van der Waals surface area contributed by atoms with Crippen LogP contribution in [-0.4, -0.2) is 39.2 Å². The Morgan fingerprint density at radius 3 is 2.57 bits per heavy atom. The minimum atomic E-state index is -1.18. The smallest absolute Gasteiger partial charge is 0.306 e. The van der Waals surface area contributed by atoms with Gasteiger partial charge in [-0.2, -0.15) is 0 Å². The van der Waals surface area contributed by atoms with Crippen LogP contribution in [0.4, 0.5) is 4.39 Å². The number of benzene rings is 2. The lowest BCUT2D eigenvalue weighted by Crippen LogP contribution is -2.14. The molecule has 2 atom stereocenters. The largest absolute Gasteiger partial charge is 0.507 e. The SMILES string of the molecule is COC(=O)C[C@H](c1ccccc1F)c1c(O)c(C(C)=O)cc([C@@H]2OCc3cnc(C)c(O)c32)c1O. The van der Waals surface area contributed by atoms with Crippen LogP contribution in [0.2, 0.25) is 0 Å². The van der Waals surface area contributed by atoms with Crippen LogP contribution in [0.5, 0.6) is 17.2 Å². The quantitative estimate of drug-likeness (QED) is 0.354. The summed E-state index contributed by atoms with van der Waals surface area (Å²) < 4.78 is 25.5. The number of pyridine rings is 1. The van der Waals surface area contributed by atoms with Crippen LogP contribution in [0, 0.1) is 12.7 Å². The second-order valence-corrected chi connectivity index (χ2v) is 8.36. The molecule has 182 valence electrons. The zero-order chi connectivity index (χ0) is 25.4. The molecule has 2 heterocycles. The number of methoxy groups -OCH3 is 1. The van der Waals surface area contributed by atoms with Crippen molar-refractivity contribution in [2.75, 3.05) is 7.11 Å². The van der Waals surface area contributed by atoms with Crippen molar-refractivity contribution < 1.29 is 38.8 Å². The third-order valence-electron chi connectivity index (χ3n) is 6.25. The van der Waals surface area contributed by atoms with E-state index in [0.29, 0.717) is 16.8 Å². The summed E-state index contributed by atoms with van der Waals surface area (Å²) in [6.45, 7) is 2.93. The molecular formula is C26H24FNO7. The highest BCUT2D eigenvalue weighted by Gasteiger charge is 2.36. The summed E-state index contributed by atoms with van der Waals surface area (Å²) in [5, 5.41) is 33.1. The Balaban J connectivity index is 2.00. The first-order chi connectivity index (χ1) is 16.6. The lowest BCUT2D eigenvalue weighted by Gasteiger charge is -2.24. The summed E-state index contributed by atoms with van der Waals surface area (Å²) >= 11 is 0. The highest BCUT2D eigenvalue weighted by molar-refractivity contribution is 5.98. The Bertz CT molecular complexity index is 1340. The number of hydrogen-bond donors (Lipinski definition) is 3. The van der Waals surface area contributed by atoms with E-state index in [-0.39, 0.29) is 34.6 Å². The Morgan fingerprint density at radius 2 is 1.91 bits per heavy atom. The molecule has 0 saturated carbocycles. The number of carbonyl (C=O) groups excluding carboxylic acids is 2. The Morgan fingerprint density at radius 1 is 1.20 bits per heavy atom. The minimum absolute atomic E-state index is 0.0192. The summed E-state index contributed by atoms with van der Waals surface area (Å²) in [6, 6.07) is 6.91. The Labute approximate surface area is 200 Å². The van der Waals surface area contributed by atoms with Crippen LogP contribution in [0.15, 0.2) is 36.5 Å². The minimum Gasteiger partial charge on any atom is -0.507 e. The van der Waals surface area contributed by atoms with Crippen molar-refractivity contribution in [1.82, 2.24) is 4.98 Å². The van der Waals surface area contributed by atoms with Crippen LogP contribution >= 0.6 is 0 Å². The van der Waals surface area contributed by atoms with Gasteiger partial charge in [-0.1, -0.05) is 18.2 Å². The van der Waals surface area contributed by atoms with Crippen molar-refractivity contribution in [3.63, 3.8) is 0 Å². The number of Topliss-reactive ketones (excluding diaryl/α,β-unsaturated/α-hetero) is 1. The monoisotopic (exact) mass is 481 g/mol. The van der Waals surface area contributed by atoms with E-state index in [1.807, 2.05) is 0 Å². The van der Waals surface area contributed by atoms with Crippen molar-refractivity contribution in [2.24, 2.45) is 0 Å². The van der Waals surface area contributed by atoms with Gasteiger partial charge in [0.25, 0.3) is 0 Å². The molecule has 0 spiro atoms. The fourth-order valence-electron chi connectivity index (χ4n) is 4.44. The molecule has 1 aromatic heterocycles. The van der Waals surface area contributed by atoms with Crippen LogP contribution in [0.1, 0.15) is 69.2 Å². The second kappa shape index (κ2) is 9.34. The number of ether oxygens (including phenoxy) is 2. The van der Waals surface area contributed by atoms with E-state index in [1.54, 1.807) is 19.2 Å². The maximum absolute atomic E-state index is 14.9. The summed E-state index contributed by atoms with van der Waals surface area (Å²) in [4.78, 5) is 28.8. The van der Waals surface area contributed by atoms with Gasteiger partial charge in [0, 0.05) is 34.4 Å². The van der Waals surface area contributed by atoms with Crippen molar-refractivity contribution in [3.8, 4) is 17.2 Å². The number of aromatic hydroxyl groups is 3. The van der Waals surface area contributed by atoms with Gasteiger partial charge in [-0.25, -0.2) is 4.39 Å². The molecule has 9 heteroatoms. The first-order valence-electron chi connectivity index (χ1n) is 10.9. The van der Waals surface area contributed by atoms with Crippen LogP contribution in [-0.2, 0) is 20.9 Å². The van der Waals surface area contributed by atoms with Gasteiger partial charge in [-0.15, -0.1) is 0 Å². The van der Waals surface area contributed by atoms with Gasteiger partial charge in [0.1, 0.15) is 29.2 Å². The number of aryl methyl sites for hydroxylation is 1. The van der Waals surface area contributed by atoms with E-state index >= 15 is 0 Å². The number of hydrogen-bond acceptors (Lipinski definition) is 8. The summed E-state index contributed by atoms with van der Waals surface area (Å²) in [6.07, 6.45) is 0.132. The Kier molecular flexibility index (Phi) is 6.45. The van der Waals surface area contributed by atoms with Crippen molar-refractivity contribution in [2.45, 2.75) is 38.9 Å². The van der Waals surface area contributed by atoms with E-state index in [0.717, 1.165) is 0 Å². The average molecular weight is 481 g/mol. The molecule has 0 aliphatic carbocycles. The number of phenols is 2. The normalized spacial score (nSPS) is 15.5. The molecule has 0 fully saturated rings. The molecule has 2 aromatic carbocycles. The van der Waals surface area contributed by atoms with Gasteiger partial charge >= 0.3 is 5.97 Å². The van der Waals surface area contributed by atoms with Gasteiger partial charge in [0.2, 0.25) is 0 Å². The number of aromatic nitrogens is 1. The number of nitrogens with zero attached hydrogens (tertiary/aromatic N) is 1. The van der Waals surface area contributed by atoms with Gasteiger partial charge in [0.05, 0.1) is 31.4 Å². The Hall–Kier alpha value is -3.98. The number of phenolic OH excluding ortho intramolecular Hbond substituents is 2. The molecule has 1 aliphatic rings. The van der Waals surface area contributed by atoms with Crippen LogP contribution in [0.25, 0.3) is 0 Å². The van der Waals surface area contributed by atoms with E-state index in [4.69, 9.17) is 9.47 Å². The van der Waals surface area contributed by atoms with Gasteiger partial charge in [-0.05, 0) is 31.5 Å². The van der Waals surface area contributed by atoms with Crippen molar-refractivity contribution in [1.29, 1.82) is 0 Å². The standard InChI is InChI=1S/C26H24FNO7/c1-12-23(31)21-14(10-28-12)11-35-26(21)18-8-16(13(2)29)24(32)22(25(18)33)17(9-20(30)34-3)15-6-4-5-7-19(15)27/h4-8,10,17,26,31-33H,9,11H2,1-3H3/t17-,26+/m1/s1. The van der Waals surface area contributed by atoms with Gasteiger partial charge < -0.3 is 24.8 Å². The molecular weight excluding hydrogens is 457 g/mol. The molecule has 35 heavy (non-hydrogen) atoms.